The lowest BCUT2D eigenvalue weighted by Gasteiger charge is -2.40. The van der Waals surface area contributed by atoms with Crippen LogP contribution >= 0.6 is 0 Å². The van der Waals surface area contributed by atoms with Crippen LogP contribution in [0, 0.1) is 6.92 Å². The summed E-state index contributed by atoms with van der Waals surface area (Å²) in [5.41, 5.74) is 2.76. The van der Waals surface area contributed by atoms with Crippen molar-refractivity contribution in [2.45, 2.75) is 51.5 Å². The van der Waals surface area contributed by atoms with Crippen LogP contribution in [0.15, 0.2) is 24.5 Å². The molecule has 1 fully saturated rings. The topological polar surface area (TPSA) is 49.6 Å². The highest BCUT2D eigenvalue weighted by Gasteiger charge is 2.47. The van der Waals surface area contributed by atoms with Crippen molar-refractivity contribution >= 4 is 11.6 Å². The van der Waals surface area contributed by atoms with Gasteiger partial charge in [0, 0.05) is 38.4 Å². The van der Waals surface area contributed by atoms with E-state index in [1.807, 2.05) is 35.9 Å². The summed E-state index contributed by atoms with van der Waals surface area (Å²) in [5, 5.41) is 3.23. The number of alkyl halides is 3. The average molecular weight is 354 g/mol. The fourth-order valence-corrected chi connectivity index (χ4v) is 3.32. The van der Waals surface area contributed by atoms with Crippen molar-refractivity contribution in [2.24, 2.45) is 0 Å². The van der Waals surface area contributed by atoms with Gasteiger partial charge in [-0.3, -0.25) is 4.79 Å². The second-order valence-corrected chi connectivity index (χ2v) is 6.59. The normalized spacial score (nSPS) is 21.7. The third-order valence-corrected chi connectivity index (χ3v) is 4.58. The maximum Gasteiger partial charge on any atom is 0.408 e. The number of hydrogen-bond acceptors (Lipinski definition) is 3. The van der Waals surface area contributed by atoms with E-state index in [9.17, 15) is 18.0 Å². The van der Waals surface area contributed by atoms with Crippen LogP contribution in [0.1, 0.15) is 31.0 Å². The average Bonchev–Trinajstić information content (AvgIpc) is 2.93. The Balaban J connectivity index is 1.64. The summed E-state index contributed by atoms with van der Waals surface area (Å²) in [6, 6.07) is 2.04. The Bertz CT molecular complexity index is 771. The van der Waals surface area contributed by atoms with Gasteiger partial charge in [0.1, 0.15) is 11.7 Å². The molecule has 2 aromatic heterocycles. The summed E-state index contributed by atoms with van der Waals surface area (Å²) in [7, 11) is 0. The molecule has 0 aromatic carbocycles. The molecule has 1 N–H and O–H groups in total. The number of aryl methyl sites for hydroxylation is 1. The third kappa shape index (κ3) is 3.95. The van der Waals surface area contributed by atoms with Crippen molar-refractivity contribution in [3.8, 4) is 0 Å². The molecule has 2 atom stereocenters. The van der Waals surface area contributed by atoms with Gasteiger partial charge in [-0.25, -0.2) is 4.98 Å². The molecule has 136 valence electrons. The van der Waals surface area contributed by atoms with Crippen LogP contribution in [-0.2, 0) is 11.3 Å². The van der Waals surface area contributed by atoms with Crippen LogP contribution in [0.4, 0.5) is 13.2 Å². The molecule has 3 heterocycles. The van der Waals surface area contributed by atoms with Gasteiger partial charge in [-0.15, -0.1) is 0 Å². The number of hydrogen-bond donors (Lipinski definition) is 1. The number of halogens is 3. The van der Waals surface area contributed by atoms with Crippen molar-refractivity contribution in [1.29, 1.82) is 0 Å². The molecule has 1 aliphatic heterocycles. The number of imidazole rings is 1. The number of piperidine rings is 1. The number of carbonyl (C=O) groups excluding carboxylic acids is 1. The molecular weight excluding hydrogens is 333 g/mol. The van der Waals surface area contributed by atoms with Crippen LogP contribution in [0.3, 0.4) is 0 Å². The first-order valence-corrected chi connectivity index (χ1v) is 8.25. The van der Waals surface area contributed by atoms with Crippen molar-refractivity contribution in [2.75, 3.05) is 6.54 Å². The summed E-state index contributed by atoms with van der Waals surface area (Å²) in [4.78, 5) is 17.0. The van der Waals surface area contributed by atoms with Gasteiger partial charge in [0.05, 0.1) is 5.69 Å². The van der Waals surface area contributed by atoms with E-state index in [-0.39, 0.29) is 19.0 Å². The highest BCUT2D eigenvalue weighted by atomic mass is 19.4. The molecule has 1 saturated heterocycles. The Hall–Kier alpha value is -2.09. The van der Waals surface area contributed by atoms with E-state index in [0.717, 1.165) is 21.8 Å². The predicted octanol–water partition coefficient (Wildman–Crippen LogP) is 2.67. The van der Waals surface area contributed by atoms with E-state index >= 15 is 0 Å². The van der Waals surface area contributed by atoms with E-state index in [2.05, 4.69) is 10.3 Å². The standard InChI is InChI=1S/C17H21F3N4O/c1-11-3-6-16-22-14(9-23(16)8-11)7-21-13-4-5-15(17(18,19)20)24(10-13)12(2)25/h3,6,8-9,13,15,21H,4-5,7,10H2,1-2H3. The summed E-state index contributed by atoms with van der Waals surface area (Å²) >= 11 is 0. The van der Waals surface area contributed by atoms with Gasteiger partial charge >= 0.3 is 6.18 Å². The SMILES string of the molecule is CC(=O)N1CC(NCc2cn3cc(C)ccc3n2)CCC1C(F)(F)F. The molecule has 2 unspecified atom stereocenters. The highest BCUT2D eigenvalue weighted by Crippen LogP contribution is 2.32. The lowest BCUT2D eigenvalue weighted by Crippen LogP contribution is -2.57. The zero-order chi connectivity index (χ0) is 18.2. The van der Waals surface area contributed by atoms with E-state index in [4.69, 9.17) is 0 Å². The van der Waals surface area contributed by atoms with Gasteiger partial charge in [-0.05, 0) is 31.4 Å². The van der Waals surface area contributed by atoms with Crippen molar-refractivity contribution < 1.29 is 18.0 Å². The number of aromatic nitrogens is 2. The second-order valence-electron chi connectivity index (χ2n) is 6.59. The summed E-state index contributed by atoms with van der Waals surface area (Å²) < 4.78 is 41.1. The Morgan fingerprint density at radius 1 is 1.32 bits per heavy atom. The summed E-state index contributed by atoms with van der Waals surface area (Å²) in [5.74, 6) is -0.544. The second kappa shape index (κ2) is 6.67. The summed E-state index contributed by atoms with van der Waals surface area (Å²) in [6.45, 7) is 3.69. The molecule has 8 heteroatoms. The Morgan fingerprint density at radius 3 is 2.76 bits per heavy atom. The number of rotatable bonds is 3. The number of carbonyl (C=O) groups is 1. The van der Waals surface area contributed by atoms with E-state index in [1.54, 1.807) is 0 Å². The molecule has 0 radical (unpaired) electrons. The van der Waals surface area contributed by atoms with Crippen molar-refractivity contribution in [3.63, 3.8) is 0 Å². The number of amides is 1. The third-order valence-electron chi connectivity index (χ3n) is 4.58. The van der Waals surface area contributed by atoms with Gasteiger partial charge in [0.2, 0.25) is 5.91 Å². The molecule has 25 heavy (non-hydrogen) atoms. The molecule has 3 rings (SSSR count). The smallest absolute Gasteiger partial charge is 0.329 e. The van der Waals surface area contributed by atoms with Crippen LogP contribution in [0.2, 0.25) is 0 Å². The predicted molar refractivity (Wildman–Crippen MR) is 87.0 cm³/mol. The van der Waals surface area contributed by atoms with Crippen LogP contribution < -0.4 is 5.32 Å². The first-order valence-electron chi connectivity index (χ1n) is 8.25. The number of fused-ring (bicyclic) bond motifs is 1. The largest absolute Gasteiger partial charge is 0.408 e. The number of nitrogens with one attached hydrogen (secondary N) is 1. The molecule has 1 amide bonds. The minimum atomic E-state index is -4.38. The fraction of sp³-hybridized carbons (Fsp3) is 0.529. The van der Waals surface area contributed by atoms with Crippen LogP contribution in [-0.4, -0.2) is 45.0 Å². The minimum Gasteiger partial charge on any atom is -0.329 e. The van der Waals surface area contributed by atoms with Crippen LogP contribution in [0.25, 0.3) is 5.65 Å². The molecule has 1 aliphatic rings. The van der Waals surface area contributed by atoms with Gasteiger partial charge in [0.25, 0.3) is 0 Å². The van der Waals surface area contributed by atoms with Gasteiger partial charge in [-0.1, -0.05) is 6.07 Å². The zero-order valence-corrected chi connectivity index (χ0v) is 14.2. The van der Waals surface area contributed by atoms with E-state index < -0.39 is 18.1 Å². The molecule has 0 spiro atoms. The molecule has 5 nitrogen and oxygen atoms in total. The first kappa shape index (κ1) is 17.7. The monoisotopic (exact) mass is 354 g/mol. The molecule has 0 saturated carbocycles. The lowest BCUT2D eigenvalue weighted by atomic mass is 9.97. The Kier molecular flexibility index (Phi) is 4.73. The maximum atomic E-state index is 13.1. The highest BCUT2D eigenvalue weighted by molar-refractivity contribution is 5.74. The number of pyridine rings is 1. The van der Waals surface area contributed by atoms with Crippen molar-refractivity contribution in [1.82, 2.24) is 19.6 Å². The van der Waals surface area contributed by atoms with E-state index in [1.165, 1.54) is 6.92 Å². The molecule has 2 aromatic rings. The summed E-state index contributed by atoms with van der Waals surface area (Å²) in [6.07, 6.45) is -0.209. The quantitative estimate of drug-likeness (QED) is 0.922. The van der Waals surface area contributed by atoms with Gasteiger partial charge < -0.3 is 14.6 Å². The zero-order valence-electron chi connectivity index (χ0n) is 14.2. The van der Waals surface area contributed by atoms with E-state index in [0.29, 0.717) is 13.0 Å². The first-order chi connectivity index (χ1) is 11.7. The van der Waals surface area contributed by atoms with Crippen molar-refractivity contribution in [3.05, 3.63) is 35.8 Å². The Labute approximate surface area is 143 Å². The molecular formula is C17H21F3N4O. The van der Waals surface area contributed by atoms with Crippen LogP contribution in [0.5, 0.6) is 0 Å². The molecule has 0 bridgehead atoms. The minimum absolute atomic E-state index is 0.0615. The maximum absolute atomic E-state index is 13.1. The fourth-order valence-electron chi connectivity index (χ4n) is 3.32. The van der Waals surface area contributed by atoms with Gasteiger partial charge in [0.15, 0.2) is 0 Å². The lowest BCUT2D eigenvalue weighted by molar-refractivity contribution is -0.196. The number of nitrogens with zero attached hydrogens (tertiary/aromatic N) is 3. The Morgan fingerprint density at radius 2 is 2.08 bits per heavy atom. The van der Waals surface area contributed by atoms with Gasteiger partial charge in [-0.2, -0.15) is 13.2 Å². The molecule has 0 aliphatic carbocycles. The number of likely N-dealkylation sites (tertiary alicyclic amines) is 1.